The molecule has 0 bridgehead atoms. The predicted octanol–water partition coefficient (Wildman–Crippen LogP) is 9.46. The van der Waals surface area contributed by atoms with Crippen LogP contribution in [-0.4, -0.2) is 21.8 Å². The fourth-order valence-corrected chi connectivity index (χ4v) is 4.89. The van der Waals surface area contributed by atoms with Crippen molar-refractivity contribution in [2.75, 3.05) is 5.32 Å². The molecule has 230 valence electrons. The molecule has 0 unspecified atom stereocenters. The van der Waals surface area contributed by atoms with Crippen LogP contribution >= 0.6 is 11.6 Å². The summed E-state index contributed by atoms with van der Waals surface area (Å²) >= 11 is 6.48. The Kier molecular flexibility index (Phi) is 9.68. The van der Waals surface area contributed by atoms with Crippen LogP contribution in [-0.2, 0) is 23.7 Å². The highest BCUT2D eigenvalue weighted by Crippen LogP contribution is 2.37. The minimum absolute atomic E-state index is 0.0306. The summed E-state index contributed by atoms with van der Waals surface area (Å²) < 4.78 is 79.9. The Morgan fingerprint density at radius 3 is 2.07 bits per heavy atom. The summed E-state index contributed by atoms with van der Waals surface area (Å²) in [6, 6.07) is 14.4. The van der Waals surface area contributed by atoms with Crippen molar-refractivity contribution in [2.45, 2.75) is 45.1 Å². The molecule has 0 atom stereocenters. The lowest BCUT2D eigenvalue weighted by Gasteiger charge is -2.16. The molecule has 5 nitrogen and oxygen atoms in total. The number of aryl methyl sites for hydroxylation is 1. The fourth-order valence-electron chi connectivity index (χ4n) is 4.61. The topological polar surface area (TPSA) is 79.3 Å². The van der Waals surface area contributed by atoms with Crippen LogP contribution < -0.4 is 5.32 Å². The number of halogens is 7. The van der Waals surface area contributed by atoms with Crippen molar-refractivity contribution in [3.05, 3.63) is 106 Å². The number of carbonyl (C=O) groups is 2. The van der Waals surface area contributed by atoms with Gasteiger partial charge in [-0.05, 0) is 78.1 Å². The first kappa shape index (κ1) is 32.5. The van der Waals surface area contributed by atoms with Crippen molar-refractivity contribution in [1.29, 1.82) is 0 Å². The van der Waals surface area contributed by atoms with Gasteiger partial charge in [0, 0.05) is 42.4 Å². The van der Waals surface area contributed by atoms with E-state index in [2.05, 4.69) is 10.3 Å². The lowest BCUT2D eigenvalue weighted by atomic mass is 9.97. The number of anilines is 1. The number of alkyl halides is 6. The Hall–Kier alpha value is -4.38. The average Bonchev–Trinajstić information content (AvgIpc) is 2.95. The minimum atomic E-state index is -4.60. The van der Waals surface area contributed by atoms with Crippen LogP contribution in [0.4, 0.5) is 32.0 Å². The molecule has 1 heterocycles. The Morgan fingerprint density at radius 2 is 1.48 bits per heavy atom. The Labute approximate surface area is 253 Å². The average molecular weight is 635 g/mol. The first-order valence-electron chi connectivity index (χ1n) is 13.3. The zero-order chi connectivity index (χ0) is 32.2. The minimum Gasteiger partial charge on any atom is -0.481 e. The van der Waals surface area contributed by atoms with Gasteiger partial charge in [0.05, 0.1) is 16.1 Å². The van der Waals surface area contributed by atoms with Crippen LogP contribution in [0.15, 0.2) is 72.9 Å². The second kappa shape index (κ2) is 13.1. The highest BCUT2D eigenvalue weighted by atomic mass is 35.5. The molecule has 2 N–H and O–H groups in total. The highest BCUT2D eigenvalue weighted by Gasteiger charge is 2.32. The molecular weight excluding hydrogens is 610 g/mol. The number of benzene rings is 3. The van der Waals surface area contributed by atoms with E-state index in [4.69, 9.17) is 16.7 Å². The van der Waals surface area contributed by atoms with Gasteiger partial charge >= 0.3 is 18.3 Å². The van der Waals surface area contributed by atoms with E-state index in [1.807, 2.05) is 0 Å². The highest BCUT2D eigenvalue weighted by molar-refractivity contribution is 6.33. The summed E-state index contributed by atoms with van der Waals surface area (Å²) in [4.78, 5) is 27.1. The normalized spacial score (nSPS) is 11.8. The standard InChI is InChI=1S/C32H25ClF6N2O3/c1-18-13-21(31(34,35)36)8-10-24(18)25-11-9-23(15-27(25)33)40-16-19-5-7-22(32(37,38)39)14-26(19)20-6-12-28(41-17-20)29(42)3-2-4-30(43)44/h5-15,17,40H,2-4,16H2,1H3,(H,43,44). The van der Waals surface area contributed by atoms with E-state index in [1.54, 1.807) is 25.1 Å². The summed E-state index contributed by atoms with van der Waals surface area (Å²) in [5.41, 5.74) is 1.43. The summed E-state index contributed by atoms with van der Waals surface area (Å²) in [5, 5.41) is 12.1. The number of hydrogen-bond acceptors (Lipinski definition) is 4. The summed E-state index contributed by atoms with van der Waals surface area (Å²) in [6.07, 6.45) is -7.85. The number of aliphatic carboxylic acids is 1. The third-order valence-electron chi connectivity index (χ3n) is 6.89. The van der Waals surface area contributed by atoms with Crippen LogP contribution in [0.25, 0.3) is 22.3 Å². The second-order valence-electron chi connectivity index (χ2n) is 10.0. The molecule has 0 radical (unpaired) electrons. The van der Waals surface area contributed by atoms with Crippen molar-refractivity contribution < 1.29 is 41.0 Å². The number of carbonyl (C=O) groups excluding carboxylic acids is 1. The van der Waals surface area contributed by atoms with Crippen LogP contribution in [0.1, 0.15) is 52.0 Å². The molecule has 0 spiro atoms. The van der Waals surface area contributed by atoms with Gasteiger partial charge in [0.2, 0.25) is 0 Å². The van der Waals surface area contributed by atoms with Crippen LogP contribution in [0.3, 0.4) is 0 Å². The third-order valence-corrected chi connectivity index (χ3v) is 7.20. The Morgan fingerprint density at radius 1 is 0.818 bits per heavy atom. The molecule has 12 heteroatoms. The number of carboxylic acid groups (broad SMARTS) is 1. The van der Waals surface area contributed by atoms with E-state index < -0.39 is 29.4 Å². The van der Waals surface area contributed by atoms with Gasteiger partial charge in [-0.25, -0.2) is 0 Å². The molecule has 4 aromatic rings. The number of nitrogens with one attached hydrogen (secondary N) is 1. The van der Waals surface area contributed by atoms with Crippen molar-refractivity contribution in [1.82, 2.24) is 4.98 Å². The molecule has 0 saturated heterocycles. The van der Waals surface area contributed by atoms with Gasteiger partial charge in [0.1, 0.15) is 5.69 Å². The monoisotopic (exact) mass is 634 g/mol. The van der Waals surface area contributed by atoms with Crippen LogP contribution in [0.5, 0.6) is 0 Å². The molecule has 0 fully saturated rings. The molecule has 44 heavy (non-hydrogen) atoms. The lowest BCUT2D eigenvalue weighted by molar-refractivity contribution is -0.138. The van der Waals surface area contributed by atoms with Gasteiger partial charge in [-0.15, -0.1) is 0 Å². The molecule has 0 aliphatic heterocycles. The predicted molar refractivity (Wildman–Crippen MR) is 154 cm³/mol. The number of carboxylic acids is 1. The lowest BCUT2D eigenvalue weighted by Crippen LogP contribution is -2.08. The van der Waals surface area contributed by atoms with Crippen molar-refractivity contribution in [3.8, 4) is 22.3 Å². The Balaban J connectivity index is 1.56. The molecule has 0 aliphatic carbocycles. The molecule has 1 aromatic heterocycles. The van der Waals surface area contributed by atoms with E-state index in [1.165, 1.54) is 30.5 Å². The quantitative estimate of drug-likeness (QED) is 0.134. The zero-order valence-corrected chi connectivity index (χ0v) is 23.9. The summed E-state index contributed by atoms with van der Waals surface area (Å²) in [5.74, 6) is -1.41. The number of aromatic nitrogens is 1. The van der Waals surface area contributed by atoms with E-state index >= 15 is 0 Å². The van der Waals surface area contributed by atoms with Crippen LogP contribution in [0.2, 0.25) is 5.02 Å². The van der Waals surface area contributed by atoms with Gasteiger partial charge in [0.15, 0.2) is 5.78 Å². The molecule has 0 saturated carbocycles. The maximum Gasteiger partial charge on any atom is 0.416 e. The van der Waals surface area contributed by atoms with Gasteiger partial charge in [-0.2, -0.15) is 26.3 Å². The number of rotatable bonds is 10. The van der Waals surface area contributed by atoms with E-state index in [0.717, 1.165) is 24.3 Å². The van der Waals surface area contributed by atoms with Crippen molar-refractivity contribution >= 4 is 29.0 Å². The van der Waals surface area contributed by atoms with E-state index in [0.29, 0.717) is 33.5 Å². The van der Waals surface area contributed by atoms with Crippen molar-refractivity contribution in [2.24, 2.45) is 0 Å². The maximum atomic E-state index is 13.6. The molecular formula is C32H25ClF6N2O3. The maximum absolute atomic E-state index is 13.6. The zero-order valence-electron chi connectivity index (χ0n) is 23.1. The summed E-state index contributed by atoms with van der Waals surface area (Å²) in [7, 11) is 0. The Bertz CT molecular complexity index is 1690. The van der Waals surface area contributed by atoms with Gasteiger partial charge in [0.25, 0.3) is 0 Å². The number of ketones is 1. The number of pyridine rings is 1. The SMILES string of the molecule is Cc1cc(C(F)(F)F)ccc1-c1ccc(NCc2ccc(C(F)(F)F)cc2-c2ccc(C(=O)CCCC(=O)O)nc2)cc1Cl. The summed E-state index contributed by atoms with van der Waals surface area (Å²) in [6.45, 7) is 1.63. The first-order chi connectivity index (χ1) is 20.6. The number of Topliss-reactive ketones (excluding diaryl/α,β-unsaturated/α-hetero) is 1. The molecule has 4 rings (SSSR count). The van der Waals surface area contributed by atoms with E-state index in [9.17, 15) is 35.9 Å². The number of hydrogen-bond donors (Lipinski definition) is 2. The van der Waals surface area contributed by atoms with Gasteiger partial charge in [-0.1, -0.05) is 35.9 Å². The van der Waals surface area contributed by atoms with Gasteiger partial charge in [-0.3, -0.25) is 14.6 Å². The molecule has 0 aliphatic rings. The largest absolute Gasteiger partial charge is 0.481 e. The third kappa shape index (κ3) is 7.96. The second-order valence-corrected chi connectivity index (χ2v) is 10.5. The number of nitrogens with zero attached hydrogens (tertiary/aromatic N) is 1. The van der Waals surface area contributed by atoms with E-state index in [-0.39, 0.29) is 47.9 Å². The van der Waals surface area contributed by atoms with Crippen LogP contribution in [0, 0.1) is 6.92 Å². The van der Waals surface area contributed by atoms with Gasteiger partial charge < -0.3 is 10.4 Å². The fraction of sp³-hybridized carbons (Fsp3) is 0.219. The molecule has 3 aromatic carbocycles. The smallest absolute Gasteiger partial charge is 0.416 e. The van der Waals surface area contributed by atoms with Crippen molar-refractivity contribution in [3.63, 3.8) is 0 Å². The first-order valence-corrected chi connectivity index (χ1v) is 13.6. The molecule has 0 amide bonds.